The largest absolute Gasteiger partial charge is 0.497 e. The van der Waals surface area contributed by atoms with Crippen molar-refractivity contribution < 1.29 is 28.7 Å². The second kappa shape index (κ2) is 8.77. The van der Waals surface area contributed by atoms with Crippen LogP contribution in [-0.4, -0.2) is 52.8 Å². The molecule has 0 radical (unpaired) electrons. The number of hydrogen-bond donors (Lipinski definition) is 0. The Morgan fingerprint density at radius 1 is 0.944 bits per heavy atom. The Hall–Kier alpha value is -4.79. The zero-order chi connectivity index (χ0) is 25.4. The minimum absolute atomic E-state index is 0.0271. The number of rotatable bonds is 7. The molecule has 1 unspecified atom stereocenters. The van der Waals surface area contributed by atoms with Gasteiger partial charge in [-0.15, -0.1) is 0 Å². The zero-order valence-corrected chi connectivity index (χ0v) is 19.5. The maximum atomic E-state index is 14.0. The summed E-state index contributed by atoms with van der Waals surface area (Å²) >= 11 is 0. The number of anilines is 1. The maximum absolute atomic E-state index is 14.0. The van der Waals surface area contributed by atoms with Gasteiger partial charge in [0.15, 0.2) is 0 Å². The smallest absolute Gasteiger partial charge is 0.347 e. The lowest BCUT2D eigenvalue weighted by atomic mass is 9.73. The van der Waals surface area contributed by atoms with Crippen LogP contribution in [0.5, 0.6) is 5.75 Å². The molecule has 2 aromatic carbocycles. The number of urea groups is 1. The van der Waals surface area contributed by atoms with Crippen molar-refractivity contribution in [1.29, 1.82) is 0 Å². The van der Waals surface area contributed by atoms with Gasteiger partial charge in [-0.05, 0) is 48.9 Å². The quantitative estimate of drug-likeness (QED) is 0.219. The summed E-state index contributed by atoms with van der Waals surface area (Å²) in [5.41, 5.74) is -1.45. The van der Waals surface area contributed by atoms with Crippen molar-refractivity contribution >= 4 is 35.0 Å². The average molecular weight is 483 g/mol. The van der Waals surface area contributed by atoms with E-state index in [-0.39, 0.29) is 29.3 Å². The van der Waals surface area contributed by atoms with Crippen LogP contribution >= 0.6 is 0 Å². The molecule has 36 heavy (non-hydrogen) atoms. The number of nitrogens with zero attached hydrogens (tertiary/aromatic N) is 3. The van der Waals surface area contributed by atoms with Crippen LogP contribution in [0.15, 0.2) is 84.7 Å². The number of aromatic nitrogens is 1. The third-order valence-corrected chi connectivity index (χ3v) is 6.13. The van der Waals surface area contributed by atoms with Crippen molar-refractivity contribution in [2.24, 2.45) is 0 Å². The molecule has 0 aliphatic carbocycles. The topological polar surface area (TPSA) is 106 Å². The second-order valence-electron chi connectivity index (χ2n) is 8.02. The van der Waals surface area contributed by atoms with Gasteiger partial charge in [0.25, 0.3) is 11.4 Å². The predicted molar refractivity (Wildman–Crippen MR) is 129 cm³/mol. The van der Waals surface area contributed by atoms with Crippen LogP contribution < -0.4 is 9.64 Å². The molecule has 5 rings (SSSR count). The first kappa shape index (κ1) is 23.0. The number of pyridine rings is 1. The Morgan fingerprint density at radius 3 is 2.25 bits per heavy atom. The van der Waals surface area contributed by atoms with Gasteiger partial charge in [0, 0.05) is 11.8 Å². The van der Waals surface area contributed by atoms with E-state index in [4.69, 9.17) is 9.47 Å². The van der Waals surface area contributed by atoms with Gasteiger partial charge in [0.05, 0.1) is 19.4 Å². The molecule has 9 nitrogen and oxygen atoms in total. The Labute approximate surface area is 206 Å². The lowest BCUT2D eigenvalue weighted by Gasteiger charge is -2.45. The number of fused-ring (bicyclic) bond motifs is 1. The number of imide groups is 1. The molecule has 180 valence electrons. The van der Waals surface area contributed by atoms with Gasteiger partial charge in [-0.1, -0.05) is 36.4 Å². The summed E-state index contributed by atoms with van der Waals surface area (Å²) in [6, 6.07) is 18.7. The van der Waals surface area contributed by atoms with Crippen molar-refractivity contribution in [1.82, 2.24) is 9.88 Å². The summed E-state index contributed by atoms with van der Waals surface area (Å²) in [5, 5.41) is 0. The zero-order valence-electron chi connectivity index (χ0n) is 19.5. The summed E-state index contributed by atoms with van der Waals surface area (Å²) in [4.78, 5) is 60.9. The third kappa shape index (κ3) is 3.13. The fraction of sp³-hybridized carbons (Fsp3) is 0.148. The molecule has 2 aliphatic rings. The molecule has 1 saturated heterocycles. The Bertz CT molecular complexity index is 1400. The van der Waals surface area contributed by atoms with Gasteiger partial charge in [-0.2, -0.15) is 0 Å². The molecule has 9 heteroatoms. The summed E-state index contributed by atoms with van der Waals surface area (Å²) in [6.45, 7) is 1.57. The van der Waals surface area contributed by atoms with Crippen LogP contribution in [0, 0.1) is 0 Å². The normalized spacial score (nSPS) is 18.6. The van der Waals surface area contributed by atoms with E-state index >= 15 is 0 Å². The molecule has 0 bridgehead atoms. The molecule has 0 N–H and O–H groups in total. The number of hydrogen-bond acceptors (Lipinski definition) is 7. The van der Waals surface area contributed by atoms with E-state index < -0.39 is 29.2 Å². The van der Waals surface area contributed by atoms with E-state index in [0.29, 0.717) is 11.3 Å². The van der Waals surface area contributed by atoms with Gasteiger partial charge in [0.1, 0.15) is 17.1 Å². The van der Waals surface area contributed by atoms with E-state index in [1.165, 1.54) is 19.4 Å². The van der Waals surface area contributed by atoms with Gasteiger partial charge in [-0.3, -0.25) is 19.5 Å². The standard InChI is InChI=1S/C27H21N3O6/c1-3-36-25(33)27-21(17-12-14-19(35-2)15-13-17)22(23(31)20-11-7-8-16-28-20)30(27)26(34)29(24(27)32)18-9-5-4-6-10-18/h4-16H,3H2,1-2H3. The second-order valence-corrected chi connectivity index (χ2v) is 8.02. The fourth-order valence-corrected chi connectivity index (χ4v) is 4.56. The molecule has 1 atom stereocenters. The van der Waals surface area contributed by atoms with Gasteiger partial charge >= 0.3 is 12.0 Å². The van der Waals surface area contributed by atoms with Gasteiger partial charge < -0.3 is 9.47 Å². The van der Waals surface area contributed by atoms with Crippen molar-refractivity contribution in [3.63, 3.8) is 0 Å². The third-order valence-electron chi connectivity index (χ3n) is 6.13. The van der Waals surface area contributed by atoms with Crippen LogP contribution in [0.1, 0.15) is 23.0 Å². The number of Topliss-reactive ketones (excluding diaryl/α,β-unsaturated/α-hetero) is 1. The van der Waals surface area contributed by atoms with Crippen LogP contribution in [0.25, 0.3) is 5.57 Å². The number of ketones is 1. The molecule has 0 saturated carbocycles. The summed E-state index contributed by atoms with van der Waals surface area (Å²) in [7, 11) is 1.51. The number of para-hydroxylation sites is 1. The molecule has 3 heterocycles. The Morgan fingerprint density at radius 2 is 1.64 bits per heavy atom. The maximum Gasteiger partial charge on any atom is 0.347 e. The lowest BCUT2D eigenvalue weighted by molar-refractivity contribution is -0.155. The van der Waals surface area contributed by atoms with Crippen LogP contribution in [-0.2, 0) is 14.3 Å². The number of ether oxygens (including phenoxy) is 2. The van der Waals surface area contributed by atoms with E-state index in [1.54, 1.807) is 73.7 Å². The number of benzene rings is 2. The van der Waals surface area contributed by atoms with Crippen molar-refractivity contribution in [2.45, 2.75) is 12.5 Å². The van der Waals surface area contributed by atoms with Gasteiger partial charge in [-0.25, -0.2) is 14.5 Å². The van der Waals surface area contributed by atoms with Crippen molar-refractivity contribution in [3.8, 4) is 5.75 Å². The highest BCUT2D eigenvalue weighted by atomic mass is 16.5. The summed E-state index contributed by atoms with van der Waals surface area (Å²) in [6.07, 6.45) is 1.45. The highest BCUT2D eigenvalue weighted by molar-refractivity contribution is 6.42. The summed E-state index contributed by atoms with van der Waals surface area (Å²) < 4.78 is 10.5. The first-order chi connectivity index (χ1) is 17.5. The molecule has 1 aromatic heterocycles. The molecule has 3 aromatic rings. The number of amides is 3. The molecule has 2 aliphatic heterocycles. The fourth-order valence-electron chi connectivity index (χ4n) is 4.56. The molecular formula is C27H21N3O6. The Kier molecular flexibility index (Phi) is 5.60. The van der Waals surface area contributed by atoms with Crippen LogP contribution in [0.2, 0.25) is 0 Å². The average Bonchev–Trinajstić information content (AvgIpc) is 3.08. The van der Waals surface area contributed by atoms with E-state index in [9.17, 15) is 19.2 Å². The first-order valence-corrected chi connectivity index (χ1v) is 11.2. The van der Waals surface area contributed by atoms with E-state index in [2.05, 4.69) is 4.98 Å². The van der Waals surface area contributed by atoms with Gasteiger partial charge in [0.2, 0.25) is 5.78 Å². The molecular weight excluding hydrogens is 462 g/mol. The number of methoxy groups -OCH3 is 1. The van der Waals surface area contributed by atoms with Crippen LogP contribution in [0.3, 0.4) is 0 Å². The van der Waals surface area contributed by atoms with Crippen molar-refractivity contribution in [2.75, 3.05) is 18.6 Å². The summed E-state index contributed by atoms with van der Waals surface area (Å²) in [5.74, 6) is -1.82. The molecule has 3 amide bonds. The van der Waals surface area contributed by atoms with Crippen molar-refractivity contribution in [3.05, 3.63) is 95.9 Å². The predicted octanol–water partition coefficient (Wildman–Crippen LogP) is 3.47. The highest BCUT2D eigenvalue weighted by Crippen LogP contribution is 2.54. The number of allylic oxidation sites excluding steroid dienone is 1. The molecule has 1 fully saturated rings. The minimum atomic E-state index is -2.16. The number of carbonyl (C=O) groups is 4. The van der Waals surface area contributed by atoms with Crippen LogP contribution in [0.4, 0.5) is 10.5 Å². The highest BCUT2D eigenvalue weighted by Gasteiger charge is 2.74. The number of carbonyl (C=O) groups excluding carboxylic acids is 4. The first-order valence-electron chi connectivity index (χ1n) is 11.2. The monoisotopic (exact) mass is 483 g/mol. The molecule has 0 spiro atoms. The van der Waals surface area contributed by atoms with E-state index in [0.717, 1.165) is 9.80 Å². The van der Waals surface area contributed by atoms with E-state index in [1.807, 2.05) is 0 Å². The minimum Gasteiger partial charge on any atom is -0.497 e. The SMILES string of the molecule is CCOC(=O)C12C(=O)N(c3ccccc3)C(=O)N1C(C(=O)c1ccccn1)=C2c1ccc(OC)cc1. The number of esters is 1. The Balaban J connectivity index is 1.77. The lowest BCUT2D eigenvalue weighted by Crippen LogP contribution is -2.65.